The maximum absolute atomic E-state index is 12.8. The quantitative estimate of drug-likeness (QED) is 0.0363. The zero-order valence-corrected chi connectivity index (χ0v) is 38.8. The molecule has 1 rings (SSSR count). The Morgan fingerprint density at radius 2 is 0.650 bits per heavy atom. The van der Waals surface area contributed by atoms with Crippen LogP contribution in [0, 0.1) is 0 Å². The van der Waals surface area contributed by atoms with E-state index in [-0.39, 0.29) is 43.5 Å². The molecule has 60 heavy (non-hydrogen) atoms. The molecular weight excluding hydrogens is 753 g/mol. The van der Waals surface area contributed by atoms with Crippen LogP contribution < -0.4 is 0 Å². The fourth-order valence-corrected chi connectivity index (χ4v) is 7.51. The number of esters is 4. The molecule has 0 unspecified atom stereocenters. The minimum absolute atomic E-state index is 0.108. The van der Waals surface area contributed by atoms with Gasteiger partial charge in [0.25, 0.3) is 0 Å². The average Bonchev–Trinajstić information content (AvgIpc) is 3.25. The first-order valence-corrected chi connectivity index (χ1v) is 25.1. The van der Waals surface area contributed by atoms with E-state index >= 15 is 0 Å². The highest BCUT2D eigenvalue weighted by Crippen LogP contribution is 2.16. The third-order valence-corrected chi connectivity index (χ3v) is 11.4. The van der Waals surface area contributed by atoms with Crippen LogP contribution in [-0.2, 0) is 44.7 Å². The molecule has 0 N–H and O–H groups in total. The smallest absolute Gasteiger partial charge is 0.306 e. The van der Waals surface area contributed by atoms with Crippen molar-refractivity contribution in [3.8, 4) is 0 Å². The Kier molecular flexibility index (Phi) is 39.3. The van der Waals surface area contributed by atoms with Gasteiger partial charge in [-0.15, -0.1) is 0 Å². The molecule has 0 saturated heterocycles. The van der Waals surface area contributed by atoms with E-state index in [0.717, 1.165) is 76.2 Å². The Morgan fingerprint density at radius 1 is 0.367 bits per heavy atom. The van der Waals surface area contributed by atoms with Crippen molar-refractivity contribution in [1.29, 1.82) is 0 Å². The Hall–Kier alpha value is -2.90. The van der Waals surface area contributed by atoms with Gasteiger partial charge in [0.05, 0.1) is 0 Å². The van der Waals surface area contributed by atoms with E-state index in [9.17, 15) is 19.2 Å². The topological polar surface area (TPSA) is 105 Å². The molecule has 1 aromatic rings. The van der Waals surface area contributed by atoms with E-state index in [1.807, 2.05) is 30.3 Å². The number of benzene rings is 1. The van der Waals surface area contributed by atoms with Crippen molar-refractivity contribution in [2.75, 3.05) is 13.2 Å². The number of carbonyl (C=O) groups excluding carboxylic acids is 4. The third-order valence-electron chi connectivity index (χ3n) is 11.4. The molecule has 0 bridgehead atoms. The highest BCUT2D eigenvalue weighted by molar-refractivity contribution is 5.71. The average molecular weight is 843 g/mol. The monoisotopic (exact) mass is 843 g/mol. The first kappa shape index (κ1) is 55.1. The summed E-state index contributed by atoms with van der Waals surface area (Å²) < 4.78 is 22.1. The summed E-state index contributed by atoms with van der Waals surface area (Å²) >= 11 is 0. The number of hydrogen-bond donors (Lipinski definition) is 0. The van der Waals surface area contributed by atoms with Crippen LogP contribution in [0.15, 0.2) is 30.3 Å². The van der Waals surface area contributed by atoms with Gasteiger partial charge in [-0.2, -0.15) is 0 Å². The molecule has 0 radical (unpaired) electrons. The first-order valence-electron chi connectivity index (χ1n) is 25.1. The molecule has 0 saturated carbocycles. The number of ether oxygens (including phenoxy) is 4. The summed E-state index contributed by atoms with van der Waals surface area (Å²) in [6, 6.07) is 9.68. The summed E-state index contributed by atoms with van der Waals surface area (Å²) in [4.78, 5) is 50.0. The van der Waals surface area contributed by atoms with Gasteiger partial charge in [0.15, 0.2) is 6.10 Å². The summed E-state index contributed by atoms with van der Waals surface area (Å²) in [6.07, 6.45) is 38.0. The molecule has 0 atom stereocenters. The summed E-state index contributed by atoms with van der Waals surface area (Å²) in [7, 11) is 0. The largest absolute Gasteiger partial charge is 0.462 e. The van der Waals surface area contributed by atoms with Crippen LogP contribution in [-0.4, -0.2) is 43.2 Å². The Balaban J connectivity index is 2.28. The van der Waals surface area contributed by atoms with E-state index in [0.29, 0.717) is 32.3 Å². The minimum Gasteiger partial charge on any atom is -0.462 e. The minimum atomic E-state index is -0.815. The lowest BCUT2D eigenvalue weighted by Crippen LogP contribution is -2.30. The van der Waals surface area contributed by atoms with Crippen LogP contribution in [0.5, 0.6) is 0 Å². The molecule has 0 fully saturated rings. The van der Waals surface area contributed by atoms with Crippen molar-refractivity contribution in [2.45, 2.75) is 258 Å². The fourth-order valence-electron chi connectivity index (χ4n) is 7.51. The molecule has 0 aliphatic rings. The number of rotatable bonds is 44. The molecule has 1 aromatic carbocycles. The lowest BCUT2D eigenvalue weighted by Gasteiger charge is -2.18. The van der Waals surface area contributed by atoms with Crippen molar-refractivity contribution < 1.29 is 38.1 Å². The van der Waals surface area contributed by atoms with Gasteiger partial charge in [0.2, 0.25) is 0 Å². The van der Waals surface area contributed by atoms with Gasteiger partial charge in [-0.3, -0.25) is 19.2 Å². The van der Waals surface area contributed by atoms with Crippen LogP contribution in [0.1, 0.15) is 251 Å². The molecule has 8 nitrogen and oxygen atoms in total. The van der Waals surface area contributed by atoms with Crippen molar-refractivity contribution in [2.24, 2.45) is 0 Å². The summed E-state index contributed by atoms with van der Waals surface area (Å²) in [6.45, 7) is 4.60. The van der Waals surface area contributed by atoms with Gasteiger partial charge in [-0.25, -0.2) is 0 Å². The van der Waals surface area contributed by atoms with Gasteiger partial charge >= 0.3 is 23.9 Å². The fraction of sp³-hybridized carbons (Fsp3) is 0.808. The molecule has 0 amide bonds. The first-order chi connectivity index (χ1) is 29.4. The lowest BCUT2D eigenvalue weighted by molar-refractivity contribution is -0.167. The highest BCUT2D eigenvalue weighted by Gasteiger charge is 2.19. The molecule has 0 heterocycles. The molecule has 0 spiro atoms. The Labute approximate surface area is 367 Å². The predicted octanol–water partition coefficient (Wildman–Crippen LogP) is 14.8. The van der Waals surface area contributed by atoms with Gasteiger partial charge < -0.3 is 18.9 Å². The van der Waals surface area contributed by atoms with Crippen LogP contribution in [0.3, 0.4) is 0 Å². The zero-order chi connectivity index (χ0) is 43.4. The second kappa shape index (κ2) is 42.8. The maximum atomic E-state index is 12.8. The van der Waals surface area contributed by atoms with Crippen LogP contribution in [0.25, 0.3) is 0 Å². The Morgan fingerprint density at radius 3 is 0.983 bits per heavy atom. The van der Waals surface area contributed by atoms with E-state index in [1.54, 1.807) is 0 Å². The van der Waals surface area contributed by atoms with Crippen LogP contribution in [0.2, 0.25) is 0 Å². The lowest BCUT2D eigenvalue weighted by atomic mass is 10.0. The van der Waals surface area contributed by atoms with Gasteiger partial charge in [-0.05, 0) is 31.2 Å². The summed E-state index contributed by atoms with van der Waals surface area (Å²) in [5.74, 6) is -1.16. The van der Waals surface area contributed by atoms with Crippen molar-refractivity contribution >= 4 is 23.9 Å². The zero-order valence-electron chi connectivity index (χ0n) is 38.8. The molecular formula is C52H90O8. The predicted molar refractivity (Wildman–Crippen MR) is 246 cm³/mol. The number of carbonyl (C=O) groups is 4. The third kappa shape index (κ3) is 38.1. The Bertz CT molecular complexity index is 1090. The molecule has 0 aliphatic heterocycles. The number of unbranched alkanes of at least 4 members (excludes halogenated alkanes) is 29. The standard InChI is InChI=1S/C52H90O8/c1-3-5-7-9-11-13-15-17-19-21-23-27-35-41-50(54)58-45-48(46-59-51(55)42-36-28-24-22-20-18-16-14-12-10-8-6-4-2)60-52(56)43-37-30-26-25-29-34-40-49(53)57-44-47-38-32-31-33-39-47/h31-33,38-39,48H,3-30,34-37,40-46H2,1-2H3. The summed E-state index contributed by atoms with van der Waals surface area (Å²) in [5.41, 5.74) is 0.984. The van der Waals surface area contributed by atoms with Crippen molar-refractivity contribution in [1.82, 2.24) is 0 Å². The maximum Gasteiger partial charge on any atom is 0.306 e. The van der Waals surface area contributed by atoms with Gasteiger partial charge in [0, 0.05) is 25.7 Å². The molecule has 8 heteroatoms. The van der Waals surface area contributed by atoms with E-state index < -0.39 is 6.10 Å². The van der Waals surface area contributed by atoms with Crippen molar-refractivity contribution in [3.63, 3.8) is 0 Å². The normalized spacial score (nSPS) is 11.2. The highest BCUT2D eigenvalue weighted by atomic mass is 16.6. The SMILES string of the molecule is CCCCCCCCCCCCCCCC(=O)OCC(COC(=O)CCCCCCCCCCCCCCC)OC(=O)CCCCCCCCC(=O)OCc1ccccc1. The number of hydrogen-bond acceptors (Lipinski definition) is 8. The molecule has 0 aromatic heterocycles. The molecule has 346 valence electrons. The summed E-state index contributed by atoms with van der Waals surface area (Å²) in [5, 5.41) is 0. The second-order valence-electron chi connectivity index (χ2n) is 17.2. The van der Waals surface area contributed by atoms with Gasteiger partial charge in [-0.1, -0.05) is 224 Å². The van der Waals surface area contributed by atoms with Crippen molar-refractivity contribution in [3.05, 3.63) is 35.9 Å². The van der Waals surface area contributed by atoms with E-state index in [2.05, 4.69) is 13.8 Å². The van der Waals surface area contributed by atoms with E-state index in [1.165, 1.54) is 128 Å². The van der Waals surface area contributed by atoms with Gasteiger partial charge in [0.1, 0.15) is 19.8 Å². The van der Waals surface area contributed by atoms with E-state index in [4.69, 9.17) is 18.9 Å². The van der Waals surface area contributed by atoms with Crippen LogP contribution >= 0.6 is 0 Å². The second-order valence-corrected chi connectivity index (χ2v) is 17.2. The molecule has 0 aliphatic carbocycles. The van der Waals surface area contributed by atoms with Crippen LogP contribution in [0.4, 0.5) is 0 Å².